The van der Waals surface area contributed by atoms with Crippen LogP contribution >= 0.6 is 0 Å². The van der Waals surface area contributed by atoms with Gasteiger partial charge >= 0.3 is 0 Å². The molecule has 0 amide bonds. The molecule has 0 aliphatic heterocycles. The van der Waals surface area contributed by atoms with Crippen LogP contribution in [0.4, 0.5) is 5.69 Å². The fraction of sp³-hybridized carbons (Fsp3) is 0.421. The van der Waals surface area contributed by atoms with Gasteiger partial charge in [-0.2, -0.15) is 0 Å². The van der Waals surface area contributed by atoms with Gasteiger partial charge in [0.2, 0.25) is 0 Å². The molecule has 3 nitrogen and oxygen atoms in total. The lowest BCUT2D eigenvalue weighted by molar-refractivity contribution is 0.451. The summed E-state index contributed by atoms with van der Waals surface area (Å²) in [6, 6.07) is 11.1. The van der Waals surface area contributed by atoms with E-state index in [1.165, 1.54) is 36.0 Å². The molecule has 1 unspecified atom stereocenters. The van der Waals surface area contributed by atoms with Crippen LogP contribution in [0.1, 0.15) is 36.0 Å². The van der Waals surface area contributed by atoms with Gasteiger partial charge in [-0.3, -0.25) is 4.98 Å². The highest BCUT2D eigenvalue weighted by molar-refractivity contribution is 5.52. The number of nitrogens with zero attached hydrogens (tertiary/aromatic N) is 1. The van der Waals surface area contributed by atoms with Gasteiger partial charge in [0.15, 0.2) is 0 Å². The van der Waals surface area contributed by atoms with Crippen molar-refractivity contribution in [3.63, 3.8) is 0 Å². The molecular formula is C19H25N3. The lowest BCUT2D eigenvalue weighted by atomic mass is 9.87. The van der Waals surface area contributed by atoms with Crippen LogP contribution in [0.3, 0.4) is 0 Å². The van der Waals surface area contributed by atoms with Crippen molar-refractivity contribution in [2.24, 2.45) is 0 Å². The molecule has 1 heterocycles. The Bertz CT molecular complexity index is 595. The number of pyridine rings is 1. The quantitative estimate of drug-likeness (QED) is 0.636. The molecule has 0 bridgehead atoms. The van der Waals surface area contributed by atoms with Crippen molar-refractivity contribution in [1.29, 1.82) is 0 Å². The van der Waals surface area contributed by atoms with Crippen molar-refractivity contribution in [2.45, 2.75) is 44.6 Å². The van der Waals surface area contributed by atoms with Gasteiger partial charge in [0.25, 0.3) is 0 Å². The Morgan fingerprint density at radius 3 is 2.86 bits per heavy atom. The molecule has 1 aliphatic rings. The molecule has 116 valence electrons. The lowest BCUT2D eigenvalue weighted by Crippen LogP contribution is -2.35. The molecule has 0 saturated heterocycles. The van der Waals surface area contributed by atoms with Crippen LogP contribution in [0.25, 0.3) is 0 Å². The smallest absolute Gasteiger partial charge is 0.0349 e. The number of aryl methyl sites for hydroxylation is 1. The number of hydrogen-bond acceptors (Lipinski definition) is 3. The Morgan fingerprint density at radius 2 is 2.00 bits per heavy atom. The maximum Gasteiger partial charge on any atom is 0.0349 e. The van der Waals surface area contributed by atoms with Crippen molar-refractivity contribution in [2.75, 3.05) is 12.3 Å². The summed E-state index contributed by atoms with van der Waals surface area (Å²) in [5.74, 6) is 0. The van der Waals surface area contributed by atoms with E-state index in [2.05, 4.69) is 34.6 Å². The zero-order valence-electron chi connectivity index (χ0n) is 13.1. The van der Waals surface area contributed by atoms with Crippen molar-refractivity contribution >= 4 is 5.69 Å². The highest BCUT2D eigenvalue weighted by Crippen LogP contribution is 2.26. The molecule has 0 spiro atoms. The first kappa shape index (κ1) is 15.0. The van der Waals surface area contributed by atoms with Crippen LogP contribution < -0.4 is 11.1 Å². The molecule has 3 rings (SSSR count). The van der Waals surface area contributed by atoms with Gasteiger partial charge in [0.1, 0.15) is 0 Å². The predicted octanol–water partition coefficient (Wildman–Crippen LogP) is 3.13. The summed E-state index contributed by atoms with van der Waals surface area (Å²) < 4.78 is 0. The third-order valence-electron chi connectivity index (χ3n) is 4.59. The van der Waals surface area contributed by atoms with Gasteiger partial charge < -0.3 is 11.1 Å². The normalized spacial score (nSPS) is 17.2. The van der Waals surface area contributed by atoms with Crippen LogP contribution in [-0.2, 0) is 19.3 Å². The molecule has 22 heavy (non-hydrogen) atoms. The van der Waals surface area contributed by atoms with E-state index in [-0.39, 0.29) is 0 Å². The van der Waals surface area contributed by atoms with Gasteiger partial charge in [0.05, 0.1) is 0 Å². The maximum absolute atomic E-state index is 6.06. The summed E-state index contributed by atoms with van der Waals surface area (Å²) in [6.07, 6.45) is 10.8. The van der Waals surface area contributed by atoms with Gasteiger partial charge in [-0.1, -0.05) is 12.1 Å². The predicted molar refractivity (Wildman–Crippen MR) is 91.8 cm³/mol. The first-order valence-electron chi connectivity index (χ1n) is 8.31. The zero-order chi connectivity index (χ0) is 15.2. The van der Waals surface area contributed by atoms with Gasteiger partial charge in [-0.25, -0.2) is 0 Å². The largest absolute Gasteiger partial charge is 0.398 e. The number of anilines is 1. The maximum atomic E-state index is 6.06. The third kappa shape index (κ3) is 3.86. The van der Waals surface area contributed by atoms with E-state index in [0.29, 0.717) is 6.04 Å². The van der Waals surface area contributed by atoms with Crippen LogP contribution in [0, 0.1) is 0 Å². The molecule has 1 aromatic carbocycles. The van der Waals surface area contributed by atoms with E-state index in [1.807, 2.05) is 18.5 Å². The number of unbranched alkanes of at least 4 members (excludes halogenated alkanes) is 1. The van der Waals surface area contributed by atoms with Crippen molar-refractivity contribution < 1.29 is 0 Å². The molecule has 0 fully saturated rings. The zero-order valence-corrected chi connectivity index (χ0v) is 13.1. The second-order valence-corrected chi connectivity index (χ2v) is 6.19. The molecule has 1 aliphatic carbocycles. The van der Waals surface area contributed by atoms with Crippen LogP contribution in [0.2, 0.25) is 0 Å². The topological polar surface area (TPSA) is 50.9 Å². The van der Waals surface area contributed by atoms with Crippen molar-refractivity contribution in [3.8, 4) is 0 Å². The summed E-state index contributed by atoms with van der Waals surface area (Å²) in [5.41, 5.74) is 11.2. The molecule has 3 N–H and O–H groups in total. The standard InChI is InChI=1S/C19H25N3/c20-19-6-3-5-16-14-17(7-8-18(16)19)22-11-2-1-4-15-9-12-21-13-10-15/h3,5-6,9-10,12-13,17,22H,1-2,4,7-8,11,14,20H2. The molecule has 3 heteroatoms. The first-order chi connectivity index (χ1) is 10.8. The average molecular weight is 295 g/mol. The minimum absolute atomic E-state index is 0.607. The monoisotopic (exact) mass is 295 g/mol. The highest BCUT2D eigenvalue weighted by atomic mass is 14.9. The van der Waals surface area contributed by atoms with Crippen LogP contribution in [0.5, 0.6) is 0 Å². The summed E-state index contributed by atoms with van der Waals surface area (Å²) in [5, 5.41) is 3.72. The van der Waals surface area contributed by atoms with Crippen LogP contribution in [0.15, 0.2) is 42.7 Å². The molecule has 1 atom stereocenters. The van der Waals surface area contributed by atoms with E-state index in [9.17, 15) is 0 Å². The van der Waals surface area contributed by atoms with E-state index >= 15 is 0 Å². The molecule has 1 aromatic heterocycles. The minimum atomic E-state index is 0.607. The SMILES string of the molecule is Nc1cccc2c1CCC(NCCCCc1ccncc1)C2. The summed E-state index contributed by atoms with van der Waals surface area (Å²) >= 11 is 0. The van der Waals surface area contributed by atoms with Crippen molar-refractivity contribution in [1.82, 2.24) is 10.3 Å². The van der Waals surface area contributed by atoms with E-state index in [4.69, 9.17) is 5.73 Å². The van der Waals surface area contributed by atoms with Crippen molar-refractivity contribution in [3.05, 3.63) is 59.4 Å². The number of fused-ring (bicyclic) bond motifs is 1. The van der Waals surface area contributed by atoms with E-state index < -0.39 is 0 Å². The number of nitrogens with two attached hydrogens (primary N) is 1. The number of nitrogens with one attached hydrogen (secondary N) is 1. The molecule has 0 saturated carbocycles. The molecule has 2 aromatic rings. The van der Waals surface area contributed by atoms with E-state index in [0.717, 1.165) is 31.5 Å². The Morgan fingerprint density at radius 1 is 1.14 bits per heavy atom. The number of hydrogen-bond donors (Lipinski definition) is 2. The fourth-order valence-corrected chi connectivity index (χ4v) is 3.32. The summed E-state index contributed by atoms with van der Waals surface area (Å²) in [6.45, 7) is 1.10. The number of nitrogen functional groups attached to an aromatic ring is 1. The van der Waals surface area contributed by atoms with Gasteiger partial charge in [-0.05, 0) is 80.0 Å². The van der Waals surface area contributed by atoms with E-state index in [1.54, 1.807) is 0 Å². The Labute approximate surface area is 133 Å². The Balaban J connectivity index is 1.38. The summed E-state index contributed by atoms with van der Waals surface area (Å²) in [7, 11) is 0. The molecular weight excluding hydrogens is 270 g/mol. The Hall–Kier alpha value is -1.87. The fourth-order valence-electron chi connectivity index (χ4n) is 3.32. The lowest BCUT2D eigenvalue weighted by Gasteiger charge is -2.26. The number of rotatable bonds is 6. The second-order valence-electron chi connectivity index (χ2n) is 6.19. The highest BCUT2D eigenvalue weighted by Gasteiger charge is 2.19. The van der Waals surface area contributed by atoms with Crippen LogP contribution in [-0.4, -0.2) is 17.6 Å². The third-order valence-corrected chi connectivity index (χ3v) is 4.59. The van der Waals surface area contributed by atoms with Gasteiger partial charge in [0, 0.05) is 24.1 Å². The number of benzene rings is 1. The van der Waals surface area contributed by atoms with Gasteiger partial charge in [-0.15, -0.1) is 0 Å². The second kappa shape index (κ2) is 7.41. The Kier molecular flexibility index (Phi) is 5.07. The minimum Gasteiger partial charge on any atom is -0.398 e. The first-order valence-corrected chi connectivity index (χ1v) is 8.31. The molecule has 0 radical (unpaired) electrons. The average Bonchev–Trinajstić information content (AvgIpc) is 2.56. The number of aromatic nitrogens is 1. The summed E-state index contributed by atoms with van der Waals surface area (Å²) in [4.78, 5) is 4.05.